The Bertz CT molecular complexity index is 1360. The summed E-state index contributed by atoms with van der Waals surface area (Å²) in [6, 6.07) is 4.02. The Hall–Kier alpha value is -3.75. The van der Waals surface area contributed by atoms with E-state index in [4.69, 9.17) is 9.47 Å². The van der Waals surface area contributed by atoms with E-state index in [0.717, 1.165) is 42.2 Å². The van der Waals surface area contributed by atoms with Crippen molar-refractivity contribution in [2.24, 2.45) is 10.9 Å². The van der Waals surface area contributed by atoms with Crippen LogP contribution in [-0.2, 0) is 28.7 Å². The second-order valence-corrected chi connectivity index (χ2v) is 15.5. The van der Waals surface area contributed by atoms with Crippen LogP contribution < -0.4 is 10.6 Å². The molecule has 0 saturated carbocycles. The number of esters is 1. The molecular weight excluding hydrogens is 718 g/mol. The van der Waals surface area contributed by atoms with Crippen LogP contribution in [0.5, 0.6) is 5.75 Å². The summed E-state index contributed by atoms with van der Waals surface area (Å²) in [6.45, 7) is 4.85. The molecule has 0 aromatic heterocycles. The molecule has 5 N–H and O–H groups in total. The molecule has 14 heteroatoms. The molecule has 2 heterocycles. The smallest absolute Gasteiger partial charge is 0.328 e. The van der Waals surface area contributed by atoms with Crippen molar-refractivity contribution in [1.82, 2.24) is 20.8 Å². The van der Waals surface area contributed by atoms with Gasteiger partial charge in [0.1, 0.15) is 18.4 Å². The summed E-state index contributed by atoms with van der Waals surface area (Å²) < 4.78 is 11.2. The number of carbonyl (C=O) groups is 4. The molecule has 316 valence electrons. The number of unbranched alkanes of at least 4 members (excludes halogenated alkanes) is 13. The van der Waals surface area contributed by atoms with Crippen molar-refractivity contribution in [2.45, 2.75) is 160 Å². The zero-order valence-corrected chi connectivity index (χ0v) is 33.9. The predicted octanol–water partition coefficient (Wildman–Crippen LogP) is 6.43. The Labute approximate surface area is 333 Å². The van der Waals surface area contributed by atoms with Gasteiger partial charge in [0, 0.05) is 32.0 Å². The molecule has 1 aromatic carbocycles. The van der Waals surface area contributed by atoms with Crippen LogP contribution in [0.25, 0.3) is 0 Å². The number of hydrogen-bond acceptors (Lipinski definition) is 11. The summed E-state index contributed by atoms with van der Waals surface area (Å²) in [4.78, 5) is 55.9. The van der Waals surface area contributed by atoms with Crippen LogP contribution in [0.15, 0.2) is 29.3 Å². The Morgan fingerprint density at radius 2 is 1.62 bits per heavy atom. The Morgan fingerprint density at radius 3 is 2.30 bits per heavy atom. The summed E-state index contributed by atoms with van der Waals surface area (Å²) in [5.74, 6) is -1.94. The average Bonchev–Trinajstić information content (AvgIpc) is 3.63. The van der Waals surface area contributed by atoms with E-state index in [1.165, 1.54) is 70.3 Å². The summed E-state index contributed by atoms with van der Waals surface area (Å²) in [5, 5.41) is 37.9. The zero-order chi connectivity index (χ0) is 40.5. The van der Waals surface area contributed by atoms with E-state index in [0.29, 0.717) is 37.9 Å². The fourth-order valence-electron chi connectivity index (χ4n) is 6.92. The third kappa shape index (κ3) is 17.6. The van der Waals surface area contributed by atoms with Crippen LogP contribution in [-0.4, -0.2) is 106 Å². The normalized spacial score (nSPS) is 18.1. The van der Waals surface area contributed by atoms with Gasteiger partial charge < -0.3 is 25.2 Å². The van der Waals surface area contributed by atoms with Gasteiger partial charge in [-0.3, -0.25) is 24.8 Å². The molecule has 0 spiro atoms. The highest BCUT2D eigenvalue weighted by atomic mass is 16.5. The zero-order valence-electron chi connectivity index (χ0n) is 33.9. The molecule has 56 heavy (non-hydrogen) atoms. The number of phenols is 1. The number of carbonyl (C=O) groups excluding carboxylic acids is 4. The SMILES string of the molecule is CCCCCCCCCCCCCCCC(=O)N(O)CCCCC(NC(=O)C1COC(c2ccccc2O)=N1)C(=O)OC[C@H](C)CNC1CCCCN(O)C1=O. The van der Waals surface area contributed by atoms with E-state index in [1.807, 2.05) is 6.92 Å². The predicted molar refractivity (Wildman–Crippen MR) is 213 cm³/mol. The van der Waals surface area contributed by atoms with Gasteiger partial charge in [0.05, 0.1) is 18.2 Å². The molecule has 1 aromatic rings. The van der Waals surface area contributed by atoms with Gasteiger partial charge in [-0.1, -0.05) is 103 Å². The number of nitrogens with one attached hydrogen (secondary N) is 2. The largest absolute Gasteiger partial charge is 0.507 e. The number of aliphatic imine (C=N–C) groups is 1. The van der Waals surface area contributed by atoms with Crippen LogP contribution in [0.1, 0.15) is 148 Å². The summed E-state index contributed by atoms with van der Waals surface area (Å²) in [7, 11) is 0. The number of para-hydroxylation sites is 1. The molecule has 4 atom stereocenters. The maximum absolute atomic E-state index is 13.3. The number of amides is 3. The number of hydroxylamine groups is 4. The monoisotopic (exact) mass is 788 g/mol. The van der Waals surface area contributed by atoms with Gasteiger partial charge in [0.25, 0.3) is 5.91 Å². The molecule has 0 aliphatic carbocycles. The van der Waals surface area contributed by atoms with Gasteiger partial charge in [-0.2, -0.15) is 0 Å². The molecule has 0 bridgehead atoms. The van der Waals surface area contributed by atoms with Crippen molar-refractivity contribution < 1.29 is 44.2 Å². The second-order valence-electron chi connectivity index (χ2n) is 15.5. The molecule has 3 amide bonds. The van der Waals surface area contributed by atoms with Gasteiger partial charge in [-0.25, -0.2) is 19.9 Å². The number of rotatable bonds is 28. The second kappa shape index (κ2) is 27.0. The molecule has 1 fully saturated rings. The summed E-state index contributed by atoms with van der Waals surface area (Å²) in [6.07, 6.45) is 19.2. The highest BCUT2D eigenvalue weighted by Gasteiger charge is 2.32. The summed E-state index contributed by atoms with van der Waals surface area (Å²) >= 11 is 0. The molecule has 3 unspecified atom stereocenters. The molecule has 2 aliphatic heterocycles. The Morgan fingerprint density at radius 1 is 0.964 bits per heavy atom. The first kappa shape index (κ1) is 46.6. The summed E-state index contributed by atoms with van der Waals surface area (Å²) in [5.41, 5.74) is 0.357. The lowest BCUT2D eigenvalue weighted by molar-refractivity contribution is -0.166. The maximum Gasteiger partial charge on any atom is 0.328 e. The molecule has 14 nitrogen and oxygen atoms in total. The van der Waals surface area contributed by atoms with E-state index in [2.05, 4.69) is 22.5 Å². The average molecular weight is 788 g/mol. The third-order valence-electron chi connectivity index (χ3n) is 10.5. The van der Waals surface area contributed by atoms with Crippen molar-refractivity contribution in [1.29, 1.82) is 0 Å². The van der Waals surface area contributed by atoms with E-state index in [9.17, 15) is 34.7 Å². The van der Waals surface area contributed by atoms with Gasteiger partial charge in [-0.05, 0) is 57.1 Å². The molecule has 1 saturated heterocycles. The molecule has 3 rings (SSSR count). The van der Waals surface area contributed by atoms with Gasteiger partial charge in [0.15, 0.2) is 6.04 Å². The van der Waals surface area contributed by atoms with Crippen molar-refractivity contribution in [3.8, 4) is 5.75 Å². The molecule has 2 aliphatic rings. The highest BCUT2D eigenvalue weighted by molar-refractivity contribution is 6.00. The van der Waals surface area contributed by atoms with E-state index in [1.54, 1.807) is 18.2 Å². The van der Waals surface area contributed by atoms with Crippen molar-refractivity contribution in [3.63, 3.8) is 0 Å². The van der Waals surface area contributed by atoms with Crippen LogP contribution >= 0.6 is 0 Å². The minimum atomic E-state index is -1.02. The number of aromatic hydroxyl groups is 1. The van der Waals surface area contributed by atoms with E-state index >= 15 is 0 Å². The lowest BCUT2D eigenvalue weighted by atomic mass is 10.0. The van der Waals surface area contributed by atoms with E-state index in [-0.39, 0.29) is 62.0 Å². The lowest BCUT2D eigenvalue weighted by Crippen LogP contribution is -2.47. The first-order valence-corrected chi connectivity index (χ1v) is 21.3. The molecular formula is C42H69N5O9. The number of benzene rings is 1. The first-order chi connectivity index (χ1) is 27.1. The number of hydrogen-bond donors (Lipinski definition) is 5. The van der Waals surface area contributed by atoms with Crippen LogP contribution in [0.2, 0.25) is 0 Å². The number of phenolic OH excluding ortho intramolecular Hbond substituents is 1. The van der Waals surface area contributed by atoms with Gasteiger partial charge >= 0.3 is 5.97 Å². The van der Waals surface area contributed by atoms with Crippen molar-refractivity contribution in [3.05, 3.63) is 29.8 Å². The Balaban J connectivity index is 1.41. The minimum absolute atomic E-state index is 0.0300. The van der Waals surface area contributed by atoms with Crippen LogP contribution in [0, 0.1) is 5.92 Å². The number of ether oxygens (including phenoxy) is 2. The van der Waals surface area contributed by atoms with Crippen LogP contribution in [0.4, 0.5) is 0 Å². The molecule has 0 radical (unpaired) electrons. The topological polar surface area (TPSA) is 190 Å². The van der Waals surface area contributed by atoms with Crippen molar-refractivity contribution >= 4 is 29.6 Å². The fraction of sp³-hybridized carbons (Fsp3) is 0.738. The number of nitrogens with zero attached hydrogens (tertiary/aromatic N) is 3. The first-order valence-electron chi connectivity index (χ1n) is 21.3. The minimum Gasteiger partial charge on any atom is -0.507 e. The van der Waals surface area contributed by atoms with Crippen molar-refractivity contribution in [2.75, 3.05) is 32.8 Å². The van der Waals surface area contributed by atoms with Crippen LogP contribution in [0.3, 0.4) is 0 Å². The van der Waals surface area contributed by atoms with E-state index < -0.39 is 30.0 Å². The Kier molecular flexibility index (Phi) is 22.5. The maximum atomic E-state index is 13.3. The third-order valence-corrected chi connectivity index (χ3v) is 10.5. The van der Waals surface area contributed by atoms with Gasteiger partial charge in [-0.15, -0.1) is 0 Å². The van der Waals surface area contributed by atoms with Gasteiger partial charge in [0.2, 0.25) is 17.7 Å². The fourth-order valence-corrected chi connectivity index (χ4v) is 6.92. The lowest BCUT2D eigenvalue weighted by Gasteiger charge is -2.23. The highest BCUT2D eigenvalue weighted by Crippen LogP contribution is 2.21. The standard InChI is InChI=1S/C42H69N5O9/c1-3-4-5-6-7-8-9-10-11-12-13-14-15-26-38(49)46(53)27-20-19-24-35(44-39(50)36-31-55-40(45-36)33-22-16-17-25-37(33)48)42(52)56-30-32(2)29-43-34-23-18-21-28-47(54)41(34)51/h16-17,22,25,32,34-36,43,48,53-54H,3-15,18-21,23-24,26-31H2,1-2H3,(H,44,50)/t32-,34?,35?,36?/m1/s1. The quantitative estimate of drug-likeness (QED) is 0.0274.